The SMILES string of the molecule is Cc1ccc(/C=N\NC(=O)c2ccc([N+](=O)[O-])cc2)cc1C. The van der Waals surface area contributed by atoms with E-state index in [-0.39, 0.29) is 5.69 Å². The summed E-state index contributed by atoms with van der Waals surface area (Å²) in [6.07, 6.45) is 1.55. The molecule has 2 aromatic carbocycles. The van der Waals surface area contributed by atoms with Crippen molar-refractivity contribution in [3.8, 4) is 0 Å². The van der Waals surface area contributed by atoms with Gasteiger partial charge in [-0.2, -0.15) is 5.10 Å². The van der Waals surface area contributed by atoms with Crippen LogP contribution in [0.25, 0.3) is 0 Å². The van der Waals surface area contributed by atoms with Crippen LogP contribution in [-0.2, 0) is 0 Å². The molecule has 0 fully saturated rings. The molecule has 1 N–H and O–H groups in total. The highest BCUT2D eigenvalue weighted by Gasteiger charge is 2.08. The van der Waals surface area contributed by atoms with Crippen molar-refractivity contribution < 1.29 is 9.72 Å². The molecule has 0 radical (unpaired) electrons. The van der Waals surface area contributed by atoms with Crippen molar-refractivity contribution in [2.75, 3.05) is 0 Å². The predicted molar refractivity (Wildman–Crippen MR) is 84.1 cm³/mol. The number of carbonyl (C=O) groups is 1. The van der Waals surface area contributed by atoms with Gasteiger partial charge in [0, 0.05) is 17.7 Å². The van der Waals surface area contributed by atoms with Crippen molar-refractivity contribution in [1.29, 1.82) is 0 Å². The Labute approximate surface area is 127 Å². The van der Waals surface area contributed by atoms with Gasteiger partial charge in [-0.25, -0.2) is 5.43 Å². The van der Waals surface area contributed by atoms with E-state index in [0.717, 1.165) is 11.1 Å². The van der Waals surface area contributed by atoms with Gasteiger partial charge in [0.1, 0.15) is 0 Å². The summed E-state index contributed by atoms with van der Waals surface area (Å²) in [7, 11) is 0. The van der Waals surface area contributed by atoms with Gasteiger partial charge < -0.3 is 0 Å². The van der Waals surface area contributed by atoms with Gasteiger partial charge in [-0.15, -0.1) is 0 Å². The van der Waals surface area contributed by atoms with Gasteiger partial charge in [0.2, 0.25) is 0 Å². The van der Waals surface area contributed by atoms with Gasteiger partial charge in [0.25, 0.3) is 11.6 Å². The number of hydrogen-bond acceptors (Lipinski definition) is 4. The second-order valence-electron chi connectivity index (χ2n) is 4.85. The van der Waals surface area contributed by atoms with Gasteiger partial charge in [-0.1, -0.05) is 18.2 Å². The molecule has 0 aliphatic heterocycles. The zero-order valence-corrected chi connectivity index (χ0v) is 12.2. The number of hydrazone groups is 1. The maximum atomic E-state index is 11.8. The molecule has 0 unspecified atom stereocenters. The van der Waals surface area contributed by atoms with E-state index < -0.39 is 10.8 Å². The summed E-state index contributed by atoms with van der Waals surface area (Å²) in [5.74, 6) is -0.421. The Kier molecular flexibility index (Phi) is 4.63. The lowest BCUT2D eigenvalue weighted by molar-refractivity contribution is -0.384. The highest BCUT2D eigenvalue weighted by molar-refractivity contribution is 5.95. The van der Waals surface area contributed by atoms with Crippen molar-refractivity contribution in [2.24, 2.45) is 5.10 Å². The van der Waals surface area contributed by atoms with E-state index in [1.54, 1.807) is 6.21 Å². The van der Waals surface area contributed by atoms with Gasteiger partial charge in [-0.05, 0) is 42.7 Å². The fourth-order valence-corrected chi connectivity index (χ4v) is 1.81. The Morgan fingerprint density at radius 2 is 1.82 bits per heavy atom. The fraction of sp³-hybridized carbons (Fsp3) is 0.125. The maximum Gasteiger partial charge on any atom is 0.271 e. The number of nitro groups is 1. The minimum absolute atomic E-state index is 0.0600. The molecule has 0 saturated carbocycles. The Balaban J connectivity index is 2.01. The minimum atomic E-state index is -0.514. The second kappa shape index (κ2) is 6.62. The van der Waals surface area contributed by atoms with Crippen molar-refractivity contribution >= 4 is 17.8 Å². The molecule has 0 saturated heterocycles. The molecule has 0 heterocycles. The van der Waals surface area contributed by atoms with Gasteiger partial charge >= 0.3 is 0 Å². The summed E-state index contributed by atoms with van der Waals surface area (Å²) in [6.45, 7) is 4.02. The fourth-order valence-electron chi connectivity index (χ4n) is 1.81. The number of hydrogen-bond donors (Lipinski definition) is 1. The molecule has 0 bridgehead atoms. The lowest BCUT2D eigenvalue weighted by Gasteiger charge is -2.01. The molecule has 0 spiro atoms. The van der Waals surface area contributed by atoms with Gasteiger partial charge in [-0.3, -0.25) is 14.9 Å². The van der Waals surface area contributed by atoms with Crippen LogP contribution >= 0.6 is 0 Å². The molecule has 0 aliphatic rings. The summed E-state index contributed by atoms with van der Waals surface area (Å²) in [6, 6.07) is 11.2. The van der Waals surface area contributed by atoms with Crippen LogP contribution in [0, 0.1) is 24.0 Å². The molecule has 6 nitrogen and oxygen atoms in total. The summed E-state index contributed by atoms with van der Waals surface area (Å²) in [5.41, 5.74) is 5.85. The van der Waals surface area contributed by atoms with E-state index in [1.165, 1.54) is 29.8 Å². The molecule has 0 aromatic heterocycles. The quantitative estimate of drug-likeness (QED) is 0.535. The average molecular weight is 297 g/mol. The van der Waals surface area contributed by atoms with Crippen molar-refractivity contribution in [3.63, 3.8) is 0 Å². The van der Waals surface area contributed by atoms with Gasteiger partial charge in [0.15, 0.2) is 0 Å². The zero-order valence-electron chi connectivity index (χ0n) is 12.2. The maximum absolute atomic E-state index is 11.8. The molecule has 0 atom stereocenters. The van der Waals surface area contributed by atoms with E-state index in [4.69, 9.17) is 0 Å². The summed E-state index contributed by atoms with van der Waals surface area (Å²) < 4.78 is 0. The molecular formula is C16H15N3O3. The van der Waals surface area contributed by atoms with Crippen LogP contribution in [0.1, 0.15) is 27.0 Å². The highest BCUT2D eigenvalue weighted by atomic mass is 16.6. The lowest BCUT2D eigenvalue weighted by atomic mass is 10.1. The standard InChI is InChI=1S/C16H15N3O3/c1-11-3-4-13(9-12(11)2)10-17-18-16(20)14-5-7-15(8-6-14)19(21)22/h3-10H,1-2H3,(H,18,20)/b17-10-. The Bertz CT molecular complexity index is 737. The second-order valence-corrected chi connectivity index (χ2v) is 4.85. The summed E-state index contributed by atoms with van der Waals surface area (Å²) in [5, 5.41) is 14.4. The Morgan fingerprint density at radius 3 is 2.41 bits per heavy atom. The smallest absolute Gasteiger partial charge is 0.267 e. The van der Waals surface area contributed by atoms with Crippen LogP contribution in [0.3, 0.4) is 0 Å². The van der Waals surface area contributed by atoms with Crippen molar-refractivity contribution in [1.82, 2.24) is 5.43 Å². The van der Waals surface area contributed by atoms with Crippen molar-refractivity contribution in [3.05, 3.63) is 74.8 Å². The first-order valence-corrected chi connectivity index (χ1v) is 6.62. The largest absolute Gasteiger partial charge is 0.271 e. The van der Waals surface area contributed by atoms with Crippen LogP contribution in [-0.4, -0.2) is 17.0 Å². The monoisotopic (exact) mass is 297 g/mol. The molecule has 6 heteroatoms. The molecule has 2 aromatic rings. The normalized spacial score (nSPS) is 10.6. The van der Waals surface area contributed by atoms with Crippen LogP contribution in [0.2, 0.25) is 0 Å². The van der Waals surface area contributed by atoms with E-state index >= 15 is 0 Å². The zero-order chi connectivity index (χ0) is 16.1. The Hall–Kier alpha value is -3.02. The van der Waals surface area contributed by atoms with Crippen LogP contribution < -0.4 is 5.43 Å². The first kappa shape index (κ1) is 15.4. The number of benzene rings is 2. The number of carbonyl (C=O) groups excluding carboxylic acids is 1. The third kappa shape index (κ3) is 3.76. The van der Waals surface area contributed by atoms with E-state index in [9.17, 15) is 14.9 Å². The Morgan fingerprint density at radius 1 is 1.14 bits per heavy atom. The third-order valence-corrected chi connectivity index (χ3v) is 3.25. The van der Waals surface area contributed by atoms with Crippen LogP contribution in [0.5, 0.6) is 0 Å². The van der Waals surface area contributed by atoms with Crippen LogP contribution in [0.15, 0.2) is 47.6 Å². The van der Waals surface area contributed by atoms with E-state index in [1.807, 2.05) is 32.0 Å². The molecule has 1 amide bonds. The number of amides is 1. The first-order valence-electron chi connectivity index (χ1n) is 6.62. The highest BCUT2D eigenvalue weighted by Crippen LogP contribution is 2.12. The molecule has 2 rings (SSSR count). The molecule has 22 heavy (non-hydrogen) atoms. The lowest BCUT2D eigenvalue weighted by Crippen LogP contribution is -2.17. The summed E-state index contributed by atoms with van der Waals surface area (Å²) >= 11 is 0. The summed E-state index contributed by atoms with van der Waals surface area (Å²) in [4.78, 5) is 21.9. The van der Waals surface area contributed by atoms with Gasteiger partial charge in [0.05, 0.1) is 11.1 Å². The number of rotatable bonds is 4. The van der Waals surface area contributed by atoms with E-state index in [0.29, 0.717) is 5.56 Å². The number of non-ortho nitro benzene ring substituents is 1. The minimum Gasteiger partial charge on any atom is -0.267 e. The number of nitrogens with one attached hydrogen (secondary N) is 1. The number of nitro benzene ring substituents is 1. The van der Waals surface area contributed by atoms with E-state index in [2.05, 4.69) is 10.5 Å². The first-order chi connectivity index (χ1) is 10.5. The molecule has 112 valence electrons. The molecule has 0 aliphatic carbocycles. The third-order valence-electron chi connectivity index (χ3n) is 3.25. The average Bonchev–Trinajstić information content (AvgIpc) is 2.51. The predicted octanol–water partition coefficient (Wildman–Crippen LogP) is 2.98. The number of nitrogens with zero attached hydrogens (tertiary/aromatic N) is 2. The molecular weight excluding hydrogens is 282 g/mol. The van der Waals surface area contributed by atoms with Crippen LogP contribution in [0.4, 0.5) is 5.69 Å². The van der Waals surface area contributed by atoms with Crippen molar-refractivity contribution in [2.45, 2.75) is 13.8 Å². The number of aryl methyl sites for hydroxylation is 2. The topological polar surface area (TPSA) is 84.6 Å².